The summed E-state index contributed by atoms with van der Waals surface area (Å²) < 4.78 is 95.6. The fourth-order valence-corrected chi connectivity index (χ4v) is 2.14. The second-order valence-corrected chi connectivity index (χ2v) is 6.43. The zero-order valence-corrected chi connectivity index (χ0v) is 13.8. The molecule has 1 aromatic rings. The average molecular weight is 376 g/mol. The summed E-state index contributed by atoms with van der Waals surface area (Å²) in [6.45, 7) is 4.46. The van der Waals surface area contributed by atoms with E-state index in [-0.39, 0.29) is 23.8 Å². The predicted molar refractivity (Wildman–Crippen MR) is 76.9 cm³/mol. The topological polar surface area (TPSA) is 29.5 Å². The highest BCUT2D eigenvalue weighted by Gasteiger charge is 2.73. The first-order chi connectivity index (χ1) is 11.1. The predicted octanol–water partition coefficient (Wildman–Crippen LogP) is 5.15. The summed E-state index contributed by atoms with van der Waals surface area (Å²) in [5, 5.41) is 10.2. The number of hydrogen-bond donors (Lipinski definition) is 1. The average Bonchev–Trinajstić information content (AvgIpc) is 2.42. The van der Waals surface area contributed by atoms with Gasteiger partial charge in [0, 0.05) is 5.56 Å². The Kier molecular flexibility index (Phi) is 6.04. The highest BCUT2D eigenvalue weighted by Crippen LogP contribution is 2.51. The second kappa shape index (κ2) is 7.01. The number of benzene rings is 1. The Morgan fingerprint density at radius 2 is 1.52 bits per heavy atom. The van der Waals surface area contributed by atoms with Gasteiger partial charge in [-0.05, 0) is 18.9 Å². The molecule has 0 spiro atoms. The van der Waals surface area contributed by atoms with Gasteiger partial charge in [-0.25, -0.2) is 0 Å². The van der Waals surface area contributed by atoms with Crippen LogP contribution in [-0.4, -0.2) is 29.7 Å². The summed E-state index contributed by atoms with van der Waals surface area (Å²) >= 11 is 0. The van der Waals surface area contributed by atoms with Crippen molar-refractivity contribution in [3.8, 4) is 5.75 Å². The van der Waals surface area contributed by atoms with Crippen molar-refractivity contribution < 1.29 is 40.6 Å². The summed E-state index contributed by atoms with van der Waals surface area (Å²) in [5.41, 5.74) is -2.97. The van der Waals surface area contributed by atoms with Crippen molar-refractivity contribution in [2.45, 2.75) is 50.8 Å². The van der Waals surface area contributed by atoms with Crippen LogP contribution in [0, 0.1) is 5.92 Å². The monoisotopic (exact) mass is 376 g/mol. The Morgan fingerprint density at radius 3 is 2.00 bits per heavy atom. The summed E-state index contributed by atoms with van der Waals surface area (Å²) in [6, 6.07) is 5.23. The van der Waals surface area contributed by atoms with Crippen molar-refractivity contribution >= 4 is 0 Å². The molecule has 0 saturated heterocycles. The van der Waals surface area contributed by atoms with Crippen molar-refractivity contribution in [1.82, 2.24) is 0 Å². The van der Waals surface area contributed by atoms with Gasteiger partial charge in [0.05, 0.1) is 18.6 Å². The van der Waals surface area contributed by atoms with E-state index in [1.165, 1.54) is 18.2 Å². The number of alkyl halides is 7. The molecule has 0 aliphatic carbocycles. The maximum Gasteiger partial charge on any atom is 0.459 e. The number of ether oxygens (including phenoxy) is 1. The molecule has 25 heavy (non-hydrogen) atoms. The molecule has 144 valence electrons. The zero-order valence-electron chi connectivity index (χ0n) is 13.8. The van der Waals surface area contributed by atoms with Gasteiger partial charge < -0.3 is 9.84 Å². The van der Waals surface area contributed by atoms with Gasteiger partial charge in [-0.15, -0.1) is 0 Å². The summed E-state index contributed by atoms with van der Waals surface area (Å²) in [4.78, 5) is 0. The Hall–Kier alpha value is -1.51. The molecule has 1 unspecified atom stereocenters. The van der Waals surface area contributed by atoms with E-state index in [1.807, 2.05) is 0 Å². The highest BCUT2D eigenvalue weighted by molar-refractivity contribution is 5.38. The van der Waals surface area contributed by atoms with Crippen molar-refractivity contribution in [2.75, 3.05) is 6.61 Å². The number of halogens is 7. The third-order valence-electron chi connectivity index (χ3n) is 3.42. The molecule has 1 aromatic carbocycles. The number of rotatable bonds is 7. The fraction of sp³-hybridized carbons (Fsp3) is 0.625. The standard InChI is InChI=1S/C16H19F7O2/c1-10(2)8-25-12-7-5-4-6-11(12)13(3,24)9-14(17,18)15(19,20)16(21,22)23/h4-7,10,24H,8-9H2,1-3H3. The lowest BCUT2D eigenvalue weighted by molar-refractivity contribution is -0.361. The first-order valence-corrected chi connectivity index (χ1v) is 7.39. The molecule has 0 aromatic heterocycles. The molecule has 0 aliphatic heterocycles. The van der Waals surface area contributed by atoms with E-state index < -0.39 is 30.0 Å². The minimum absolute atomic E-state index is 0.0361. The van der Waals surface area contributed by atoms with Gasteiger partial charge in [-0.2, -0.15) is 30.7 Å². The molecule has 0 bridgehead atoms. The molecule has 1 rings (SSSR count). The van der Waals surface area contributed by atoms with Gasteiger partial charge in [0.2, 0.25) is 0 Å². The zero-order chi connectivity index (χ0) is 19.7. The van der Waals surface area contributed by atoms with Crippen LogP contribution in [0.4, 0.5) is 30.7 Å². The van der Waals surface area contributed by atoms with Crippen LogP contribution in [0.15, 0.2) is 24.3 Å². The van der Waals surface area contributed by atoms with Crippen LogP contribution in [0.3, 0.4) is 0 Å². The molecule has 2 nitrogen and oxygen atoms in total. The van der Waals surface area contributed by atoms with E-state index in [0.29, 0.717) is 0 Å². The molecule has 9 heteroatoms. The van der Waals surface area contributed by atoms with Crippen LogP contribution < -0.4 is 4.74 Å². The summed E-state index contributed by atoms with van der Waals surface area (Å²) in [5.74, 6) is -11.8. The lowest BCUT2D eigenvalue weighted by Crippen LogP contribution is -2.54. The summed E-state index contributed by atoms with van der Waals surface area (Å²) in [7, 11) is 0. The quantitative estimate of drug-likeness (QED) is 0.667. The van der Waals surface area contributed by atoms with Crippen LogP contribution in [0.2, 0.25) is 0 Å². The maximum absolute atomic E-state index is 13.7. The molecule has 1 N–H and O–H groups in total. The van der Waals surface area contributed by atoms with E-state index in [0.717, 1.165) is 13.0 Å². The highest BCUT2D eigenvalue weighted by atomic mass is 19.4. The van der Waals surface area contributed by atoms with Gasteiger partial charge in [0.1, 0.15) is 5.75 Å². The number of hydrogen-bond acceptors (Lipinski definition) is 2. The first kappa shape index (κ1) is 21.5. The minimum Gasteiger partial charge on any atom is -0.493 e. The van der Waals surface area contributed by atoms with Crippen LogP contribution in [0.5, 0.6) is 5.75 Å². The summed E-state index contributed by atoms with van der Waals surface area (Å²) in [6.07, 6.45) is -8.57. The van der Waals surface area contributed by atoms with Crippen LogP contribution in [0.25, 0.3) is 0 Å². The van der Waals surface area contributed by atoms with E-state index in [9.17, 15) is 35.8 Å². The van der Waals surface area contributed by atoms with E-state index in [4.69, 9.17) is 4.74 Å². The molecular formula is C16H19F7O2. The lowest BCUT2D eigenvalue weighted by atomic mass is 9.87. The van der Waals surface area contributed by atoms with E-state index >= 15 is 0 Å². The third kappa shape index (κ3) is 4.77. The first-order valence-electron chi connectivity index (χ1n) is 7.39. The second-order valence-electron chi connectivity index (χ2n) is 6.43. The van der Waals surface area contributed by atoms with Gasteiger partial charge in [-0.3, -0.25) is 0 Å². The molecular weight excluding hydrogens is 357 g/mol. The maximum atomic E-state index is 13.7. The number of para-hydroxylation sites is 1. The van der Waals surface area contributed by atoms with Crippen molar-refractivity contribution in [1.29, 1.82) is 0 Å². The Bertz CT molecular complexity index is 580. The van der Waals surface area contributed by atoms with Crippen LogP contribution >= 0.6 is 0 Å². The van der Waals surface area contributed by atoms with Crippen molar-refractivity contribution in [2.24, 2.45) is 5.92 Å². The fourth-order valence-electron chi connectivity index (χ4n) is 2.14. The normalized spacial score (nSPS) is 16.0. The van der Waals surface area contributed by atoms with Crippen LogP contribution in [-0.2, 0) is 5.60 Å². The Labute approximate surface area is 140 Å². The van der Waals surface area contributed by atoms with Gasteiger partial charge in [0.25, 0.3) is 0 Å². The molecule has 0 saturated carbocycles. The molecule has 0 fully saturated rings. The van der Waals surface area contributed by atoms with Crippen molar-refractivity contribution in [3.63, 3.8) is 0 Å². The minimum atomic E-state index is -6.44. The third-order valence-corrected chi connectivity index (χ3v) is 3.42. The SMILES string of the molecule is CC(C)COc1ccccc1C(C)(O)CC(F)(F)C(F)(F)C(F)(F)F. The lowest BCUT2D eigenvalue weighted by Gasteiger charge is -2.34. The molecule has 1 atom stereocenters. The molecule has 0 radical (unpaired) electrons. The molecule has 0 heterocycles. The Balaban J connectivity index is 3.17. The van der Waals surface area contributed by atoms with Crippen LogP contribution in [0.1, 0.15) is 32.8 Å². The van der Waals surface area contributed by atoms with E-state index in [2.05, 4.69) is 0 Å². The van der Waals surface area contributed by atoms with E-state index in [1.54, 1.807) is 13.8 Å². The smallest absolute Gasteiger partial charge is 0.459 e. The number of aliphatic hydroxyl groups is 1. The Morgan fingerprint density at radius 1 is 1.00 bits per heavy atom. The largest absolute Gasteiger partial charge is 0.493 e. The van der Waals surface area contributed by atoms with Gasteiger partial charge >= 0.3 is 18.0 Å². The van der Waals surface area contributed by atoms with Gasteiger partial charge in [0.15, 0.2) is 0 Å². The molecule has 0 amide bonds. The van der Waals surface area contributed by atoms with Gasteiger partial charge in [-0.1, -0.05) is 32.0 Å². The molecule has 0 aliphatic rings. The van der Waals surface area contributed by atoms with Crippen molar-refractivity contribution in [3.05, 3.63) is 29.8 Å².